The smallest absolute Gasteiger partial charge is 0.252 e. The highest BCUT2D eigenvalue weighted by Crippen LogP contribution is 2.37. The predicted molar refractivity (Wildman–Crippen MR) is 105 cm³/mol. The first-order chi connectivity index (χ1) is 13.0. The minimum absolute atomic E-state index is 0.181. The second-order valence-electron chi connectivity index (χ2n) is 6.41. The summed E-state index contributed by atoms with van der Waals surface area (Å²) in [6.07, 6.45) is 0. The second kappa shape index (κ2) is 8.16. The number of nitrogens with zero attached hydrogens (tertiary/aromatic N) is 4. The first kappa shape index (κ1) is 18.8. The van der Waals surface area contributed by atoms with E-state index in [0.29, 0.717) is 12.3 Å². The molecule has 0 aliphatic carbocycles. The summed E-state index contributed by atoms with van der Waals surface area (Å²) < 4.78 is 0.893. The summed E-state index contributed by atoms with van der Waals surface area (Å²) in [5.74, 6) is -2.31. The molecule has 0 saturated heterocycles. The number of benzene rings is 2. The van der Waals surface area contributed by atoms with Crippen molar-refractivity contribution >= 4 is 27.5 Å². The molecule has 1 heterocycles. The minimum Gasteiger partial charge on any atom is -0.272 e. The zero-order valence-corrected chi connectivity index (χ0v) is 16.3. The number of amides is 1. The lowest BCUT2D eigenvalue weighted by molar-refractivity contribution is -0.133. The highest BCUT2D eigenvalue weighted by Gasteiger charge is 2.43. The maximum absolute atomic E-state index is 13.1. The molecule has 2 aromatic carbocycles. The second-order valence-corrected chi connectivity index (χ2v) is 7.33. The van der Waals surface area contributed by atoms with Crippen LogP contribution in [0.1, 0.15) is 24.0 Å². The van der Waals surface area contributed by atoms with Gasteiger partial charge < -0.3 is 0 Å². The van der Waals surface area contributed by atoms with Gasteiger partial charge in [0, 0.05) is 16.1 Å². The summed E-state index contributed by atoms with van der Waals surface area (Å²) in [5.41, 5.74) is 2.38. The molecule has 0 saturated carbocycles. The van der Waals surface area contributed by atoms with Gasteiger partial charge in [-0.1, -0.05) is 58.4 Å². The Hall–Kier alpha value is -2.96. The van der Waals surface area contributed by atoms with Crippen molar-refractivity contribution in [2.24, 2.45) is 16.9 Å². The van der Waals surface area contributed by atoms with Crippen LogP contribution in [0, 0.1) is 34.5 Å². The van der Waals surface area contributed by atoms with Gasteiger partial charge in [-0.2, -0.15) is 15.6 Å². The maximum atomic E-state index is 13.1. The Labute approximate surface area is 166 Å². The van der Waals surface area contributed by atoms with E-state index in [0.717, 1.165) is 15.6 Å². The van der Waals surface area contributed by atoms with Gasteiger partial charge in [0.2, 0.25) is 0 Å². The van der Waals surface area contributed by atoms with Crippen LogP contribution in [0.4, 0.5) is 0 Å². The van der Waals surface area contributed by atoms with Crippen LogP contribution in [0.15, 0.2) is 64.2 Å². The van der Waals surface area contributed by atoms with E-state index in [1.54, 1.807) is 6.92 Å². The topological polar surface area (TPSA) is 80.2 Å². The van der Waals surface area contributed by atoms with Crippen LogP contribution < -0.4 is 0 Å². The summed E-state index contributed by atoms with van der Waals surface area (Å²) in [5, 5.41) is 24.9. The monoisotopic (exact) mass is 420 g/mol. The first-order valence-electron chi connectivity index (χ1n) is 8.50. The van der Waals surface area contributed by atoms with E-state index in [9.17, 15) is 15.3 Å². The predicted octanol–water partition coefficient (Wildman–Crippen LogP) is 4.23. The summed E-state index contributed by atoms with van der Waals surface area (Å²) in [6, 6.07) is 21.1. The van der Waals surface area contributed by atoms with Crippen molar-refractivity contribution in [3.8, 4) is 12.1 Å². The average Bonchev–Trinajstić information content (AvgIpc) is 2.95. The Kier molecular flexibility index (Phi) is 5.69. The molecule has 0 spiro atoms. The van der Waals surface area contributed by atoms with Gasteiger partial charge in [0.25, 0.3) is 5.91 Å². The van der Waals surface area contributed by atoms with Gasteiger partial charge >= 0.3 is 0 Å². The zero-order chi connectivity index (χ0) is 19.4. The van der Waals surface area contributed by atoms with Gasteiger partial charge in [-0.15, -0.1) is 0 Å². The molecule has 27 heavy (non-hydrogen) atoms. The molecule has 1 aliphatic rings. The highest BCUT2D eigenvalue weighted by atomic mass is 79.9. The van der Waals surface area contributed by atoms with Crippen LogP contribution in [0.25, 0.3) is 0 Å². The molecule has 2 aromatic rings. The van der Waals surface area contributed by atoms with Gasteiger partial charge in [-0.25, -0.2) is 5.01 Å². The van der Waals surface area contributed by atoms with Gasteiger partial charge in [-0.05, 0) is 30.2 Å². The van der Waals surface area contributed by atoms with E-state index in [1.165, 1.54) is 5.01 Å². The van der Waals surface area contributed by atoms with Gasteiger partial charge in [-0.3, -0.25) is 4.79 Å². The van der Waals surface area contributed by atoms with Crippen LogP contribution >= 0.6 is 15.9 Å². The summed E-state index contributed by atoms with van der Waals surface area (Å²) in [7, 11) is 0. The average molecular weight is 421 g/mol. The Morgan fingerprint density at radius 2 is 1.74 bits per heavy atom. The van der Waals surface area contributed by atoms with Crippen LogP contribution in [0.3, 0.4) is 0 Å². The normalized spacial score (nSPS) is 17.4. The quantitative estimate of drug-likeness (QED) is 0.725. The molecule has 3 rings (SSSR count). The first-order valence-corrected chi connectivity index (χ1v) is 9.29. The van der Waals surface area contributed by atoms with Gasteiger partial charge in [0.05, 0.1) is 24.6 Å². The third-order valence-electron chi connectivity index (χ3n) is 4.68. The Bertz CT molecular complexity index is 927. The molecule has 0 fully saturated rings. The SMILES string of the molecule is CC1=NN(Cc2ccccc2)C(=O)[C@@H]1[C@@H](c1ccc(Br)cc1)C(C#N)C#N. The summed E-state index contributed by atoms with van der Waals surface area (Å²) in [6.45, 7) is 2.15. The molecular formula is C21H17BrN4O. The molecule has 0 aromatic heterocycles. The third kappa shape index (κ3) is 3.92. The summed E-state index contributed by atoms with van der Waals surface area (Å²) in [4.78, 5) is 13.1. The van der Waals surface area contributed by atoms with Gasteiger partial charge in [0.1, 0.15) is 5.92 Å². The van der Waals surface area contributed by atoms with Crippen LogP contribution in [-0.2, 0) is 11.3 Å². The maximum Gasteiger partial charge on any atom is 0.252 e. The highest BCUT2D eigenvalue weighted by molar-refractivity contribution is 9.10. The van der Waals surface area contributed by atoms with Crippen LogP contribution in [0.5, 0.6) is 0 Å². The van der Waals surface area contributed by atoms with Crippen molar-refractivity contribution in [1.82, 2.24) is 5.01 Å². The molecule has 2 atom stereocenters. The van der Waals surface area contributed by atoms with E-state index in [-0.39, 0.29) is 5.91 Å². The Morgan fingerprint density at radius 3 is 2.33 bits per heavy atom. The fraction of sp³-hybridized carbons (Fsp3) is 0.238. The van der Waals surface area contributed by atoms with Crippen molar-refractivity contribution in [3.05, 3.63) is 70.2 Å². The number of hydrazone groups is 1. The van der Waals surface area contributed by atoms with E-state index in [1.807, 2.05) is 66.7 Å². The number of nitriles is 2. The van der Waals surface area contributed by atoms with Crippen molar-refractivity contribution in [2.45, 2.75) is 19.4 Å². The van der Waals surface area contributed by atoms with E-state index in [4.69, 9.17) is 0 Å². The number of hydrogen-bond acceptors (Lipinski definition) is 4. The number of carbonyl (C=O) groups is 1. The van der Waals surface area contributed by atoms with Crippen molar-refractivity contribution in [2.75, 3.05) is 0 Å². The fourth-order valence-electron chi connectivity index (χ4n) is 3.38. The number of hydrogen-bond donors (Lipinski definition) is 0. The largest absolute Gasteiger partial charge is 0.272 e. The van der Waals surface area contributed by atoms with Crippen molar-refractivity contribution < 1.29 is 4.79 Å². The number of rotatable bonds is 5. The van der Waals surface area contributed by atoms with E-state index < -0.39 is 17.8 Å². The molecule has 1 amide bonds. The van der Waals surface area contributed by atoms with Gasteiger partial charge in [0.15, 0.2) is 0 Å². The molecule has 0 unspecified atom stereocenters. The molecule has 0 N–H and O–H groups in total. The molecule has 1 aliphatic heterocycles. The zero-order valence-electron chi connectivity index (χ0n) is 14.7. The molecule has 6 heteroatoms. The molecule has 0 bridgehead atoms. The molecule has 134 valence electrons. The Balaban J connectivity index is 1.94. The lowest BCUT2D eigenvalue weighted by atomic mass is 9.76. The van der Waals surface area contributed by atoms with E-state index >= 15 is 0 Å². The fourth-order valence-corrected chi connectivity index (χ4v) is 3.64. The van der Waals surface area contributed by atoms with Crippen LogP contribution in [0.2, 0.25) is 0 Å². The minimum atomic E-state index is -0.943. The van der Waals surface area contributed by atoms with E-state index in [2.05, 4.69) is 21.0 Å². The number of halogens is 1. The standard InChI is InChI=1S/C21H17BrN4O/c1-14-19(21(27)26(25-14)13-15-5-3-2-4-6-15)20(17(11-23)12-24)16-7-9-18(22)10-8-16/h2-10,17,19-20H,13H2,1H3/t19-,20-/m0/s1. The molecular weight excluding hydrogens is 404 g/mol. The lowest BCUT2D eigenvalue weighted by Crippen LogP contribution is -2.34. The third-order valence-corrected chi connectivity index (χ3v) is 5.20. The molecule has 5 nitrogen and oxygen atoms in total. The van der Waals surface area contributed by atoms with Crippen molar-refractivity contribution in [1.29, 1.82) is 10.5 Å². The lowest BCUT2D eigenvalue weighted by Gasteiger charge is -2.24. The number of carbonyl (C=O) groups excluding carboxylic acids is 1. The Morgan fingerprint density at radius 1 is 1.11 bits per heavy atom. The summed E-state index contributed by atoms with van der Waals surface area (Å²) >= 11 is 3.39. The molecule has 0 radical (unpaired) electrons. The van der Waals surface area contributed by atoms with Crippen LogP contribution in [-0.4, -0.2) is 16.6 Å². The van der Waals surface area contributed by atoms with Crippen molar-refractivity contribution in [3.63, 3.8) is 0 Å².